The van der Waals surface area contributed by atoms with Crippen molar-refractivity contribution in [3.63, 3.8) is 0 Å². The number of carbonyl (C=O) groups is 1. The van der Waals surface area contributed by atoms with Crippen molar-refractivity contribution in [2.75, 3.05) is 0 Å². The molecule has 0 saturated carbocycles. The number of oxazole rings is 1. The summed E-state index contributed by atoms with van der Waals surface area (Å²) in [7, 11) is -3.76. The molecule has 0 bridgehead atoms. The second-order valence-corrected chi connectivity index (χ2v) is 5.70. The smallest absolute Gasteiger partial charge is 0.289 e. The largest absolute Gasteiger partial charge is 0.438 e. The summed E-state index contributed by atoms with van der Waals surface area (Å²) in [5, 5.41) is 7.65. The van der Waals surface area contributed by atoms with Crippen molar-refractivity contribution in [3.8, 4) is 0 Å². The van der Waals surface area contributed by atoms with Gasteiger partial charge in [-0.1, -0.05) is 12.1 Å². The first kappa shape index (κ1) is 14.2. The summed E-state index contributed by atoms with van der Waals surface area (Å²) in [5.74, 6) is -0.284. The summed E-state index contributed by atoms with van der Waals surface area (Å²) >= 11 is 0. The highest BCUT2D eigenvalue weighted by Crippen LogP contribution is 2.10. The number of sulfonamides is 1. The van der Waals surface area contributed by atoms with Gasteiger partial charge in [-0.15, -0.1) is 0 Å². The van der Waals surface area contributed by atoms with Crippen LogP contribution in [-0.2, 0) is 16.6 Å². The minimum atomic E-state index is -3.76. The van der Waals surface area contributed by atoms with Crippen LogP contribution in [0.4, 0.5) is 0 Å². The Morgan fingerprint density at radius 1 is 1.45 bits per heavy atom. The molecule has 1 heterocycles. The first-order chi connectivity index (χ1) is 9.38. The van der Waals surface area contributed by atoms with Crippen LogP contribution in [0.5, 0.6) is 0 Å². The van der Waals surface area contributed by atoms with Crippen LogP contribution in [0.1, 0.15) is 21.8 Å². The quantitative estimate of drug-likeness (QED) is 0.855. The SMILES string of the molecule is Cc1ncoc1C(=O)NCc1cccc(S(N)(=O)=O)c1. The molecule has 0 fully saturated rings. The molecule has 0 aliphatic carbocycles. The van der Waals surface area contributed by atoms with Gasteiger partial charge in [0.05, 0.1) is 10.6 Å². The van der Waals surface area contributed by atoms with Gasteiger partial charge in [-0.05, 0) is 24.6 Å². The minimum absolute atomic E-state index is 0.0000878. The predicted octanol–water partition coefficient (Wildman–Crippen LogP) is 0.560. The minimum Gasteiger partial charge on any atom is -0.438 e. The molecular formula is C12H13N3O4S. The summed E-state index contributed by atoms with van der Waals surface area (Å²) in [6, 6.07) is 6.03. The molecule has 1 aromatic heterocycles. The Morgan fingerprint density at radius 2 is 2.20 bits per heavy atom. The number of rotatable bonds is 4. The van der Waals surface area contributed by atoms with Crippen molar-refractivity contribution in [3.05, 3.63) is 47.7 Å². The molecule has 20 heavy (non-hydrogen) atoms. The van der Waals surface area contributed by atoms with Gasteiger partial charge < -0.3 is 9.73 Å². The summed E-state index contributed by atoms with van der Waals surface area (Å²) < 4.78 is 27.4. The van der Waals surface area contributed by atoms with Crippen LogP contribution in [0, 0.1) is 6.92 Å². The predicted molar refractivity (Wildman–Crippen MR) is 70.2 cm³/mol. The first-order valence-corrected chi connectivity index (χ1v) is 7.22. The number of nitrogens with zero attached hydrogens (tertiary/aromatic N) is 1. The van der Waals surface area contributed by atoms with Gasteiger partial charge in [0.15, 0.2) is 6.39 Å². The van der Waals surface area contributed by atoms with Gasteiger partial charge in [-0.2, -0.15) is 0 Å². The molecule has 2 aromatic rings. The number of nitrogens with one attached hydrogen (secondary N) is 1. The van der Waals surface area contributed by atoms with E-state index in [2.05, 4.69) is 10.3 Å². The maximum atomic E-state index is 11.8. The van der Waals surface area contributed by atoms with Crippen molar-refractivity contribution in [1.29, 1.82) is 0 Å². The van der Waals surface area contributed by atoms with E-state index in [1.165, 1.54) is 18.5 Å². The molecular weight excluding hydrogens is 282 g/mol. The molecule has 1 aromatic carbocycles. The van der Waals surface area contributed by atoms with E-state index >= 15 is 0 Å². The molecule has 0 saturated heterocycles. The third-order valence-electron chi connectivity index (χ3n) is 2.63. The zero-order valence-electron chi connectivity index (χ0n) is 10.7. The monoisotopic (exact) mass is 295 g/mol. The molecule has 0 atom stereocenters. The van der Waals surface area contributed by atoms with Crippen molar-refractivity contribution in [1.82, 2.24) is 10.3 Å². The zero-order valence-corrected chi connectivity index (χ0v) is 11.5. The van der Waals surface area contributed by atoms with Gasteiger partial charge in [0.25, 0.3) is 5.91 Å². The Kier molecular flexibility index (Phi) is 3.86. The number of benzene rings is 1. The van der Waals surface area contributed by atoms with Crippen LogP contribution in [0.15, 0.2) is 40.0 Å². The lowest BCUT2D eigenvalue weighted by Gasteiger charge is -2.05. The highest BCUT2D eigenvalue weighted by molar-refractivity contribution is 7.89. The molecule has 0 aliphatic rings. The average Bonchev–Trinajstić information content (AvgIpc) is 2.82. The van der Waals surface area contributed by atoms with Crippen LogP contribution in [0.25, 0.3) is 0 Å². The van der Waals surface area contributed by atoms with Gasteiger partial charge >= 0.3 is 0 Å². The van der Waals surface area contributed by atoms with Gasteiger partial charge in [-0.25, -0.2) is 18.5 Å². The molecule has 106 valence electrons. The van der Waals surface area contributed by atoms with Crippen LogP contribution in [0.3, 0.4) is 0 Å². The van der Waals surface area contributed by atoms with Crippen LogP contribution in [-0.4, -0.2) is 19.3 Å². The van der Waals surface area contributed by atoms with Crippen molar-refractivity contribution >= 4 is 15.9 Å². The number of amides is 1. The Balaban J connectivity index is 2.09. The second-order valence-electron chi connectivity index (χ2n) is 4.14. The van der Waals surface area contributed by atoms with E-state index < -0.39 is 15.9 Å². The third-order valence-corrected chi connectivity index (χ3v) is 3.54. The third kappa shape index (κ3) is 3.22. The van der Waals surface area contributed by atoms with Gasteiger partial charge in [-0.3, -0.25) is 4.79 Å². The fourth-order valence-electron chi connectivity index (χ4n) is 1.61. The highest BCUT2D eigenvalue weighted by atomic mass is 32.2. The summed E-state index contributed by atoms with van der Waals surface area (Å²) in [6.07, 6.45) is 1.19. The average molecular weight is 295 g/mol. The molecule has 2 rings (SSSR count). The highest BCUT2D eigenvalue weighted by Gasteiger charge is 2.14. The lowest BCUT2D eigenvalue weighted by molar-refractivity contribution is 0.0922. The number of nitrogens with two attached hydrogens (primary N) is 1. The molecule has 0 spiro atoms. The van der Waals surface area contributed by atoms with Crippen LogP contribution < -0.4 is 10.5 Å². The Bertz CT molecular complexity index is 737. The fourth-order valence-corrected chi connectivity index (χ4v) is 2.20. The standard InChI is InChI=1S/C12H13N3O4S/c1-8-11(19-7-15-8)12(16)14-6-9-3-2-4-10(5-9)20(13,17)18/h2-5,7H,6H2,1H3,(H,14,16)(H2,13,17,18). The molecule has 0 radical (unpaired) electrons. The lowest BCUT2D eigenvalue weighted by Crippen LogP contribution is -2.23. The molecule has 7 nitrogen and oxygen atoms in total. The summed E-state index contributed by atoms with van der Waals surface area (Å²) in [5.41, 5.74) is 1.10. The maximum absolute atomic E-state index is 11.8. The van der Waals surface area contributed by atoms with Gasteiger partial charge in [0.2, 0.25) is 15.8 Å². The van der Waals surface area contributed by atoms with E-state index in [-0.39, 0.29) is 17.2 Å². The van der Waals surface area contributed by atoms with E-state index in [1.807, 2.05) is 0 Å². The maximum Gasteiger partial charge on any atom is 0.289 e. The van der Waals surface area contributed by atoms with E-state index in [1.54, 1.807) is 19.1 Å². The van der Waals surface area contributed by atoms with E-state index in [9.17, 15) is 13.2 Å². The molecule has 8 heteroatoms. The number of aromatic nitrogens is 1. The number of primary sulfonamides is 1. The Labute approximate surface area is 115 Å². The Hall–Kier alpha value is -2.19. The number of hydrogen-bond acceptors (Lipinski definition) is 5. The molecule has 0 unspecified atom stereocenters. The second kappa shape index (κ2) is 5.43. The zero-order chi connectivity index (χ0) is 14.8. The lowest BCUT2D eigenvalue weighted by atomic mass is 10.2. The van der Waals surface area contributed by atoms with Crippen LogP contribution in [0.2, 0.25) is 0 Å². The summed E-state index contributed by atoms with van der Waals surface area (Å²) in [6.45, 7) is 1.81. The van der Waals surface area contributed by atoms with Crippen molar-refractivity contribution < 1.29 is 17.6 Å². The topological polar surface area (TPSA) is 115 Å². The summed E-state index contributed by atoms with van der Waals surface area (Å²) in [4.78, 5) is 15.6. The van der Waals surface area contributed by atoms with E-state index in [0.29, 0.717) is 11.3 Å². The fraction of sp³-hybridized carbons (Fsp3) is 0.167. The number of hydrogen-bond donors (Lipinski definition) is 2. The van der Waals surface area contributed by atoms with Crippen LogP contribution >= 0.6 is 0 Å². The van der Waals surface area contributed by atoms with E-state index in [0.717, 1.165) is 0 Å². The van der Waals surface area contributed by atoms with Crippen molar-refractivity contribution in [2.24, 2.45) is 5.14 Å². The first-order valence-electron chi connectivity index (χ1n) is 5.68. The van der Waals surface area contributed by atoms with Crippen molar-refractivity contribution in [2.45, 2.75) is 18.4 Å². The van der Waals surface area contributed by atoms with Gasteiger partial charge in [0.1, 0.15) is 0 Å². The normalized spacial score (nSPS) is 11.3. The molecule has 0 aliphatic heterocycles. The van der Waals surface area contributed by atoms with Gasteiger partial charge in [0, 0.05) is 6.54 Å². The van der Waals surface area contributed by atoms with E-state index in [4.69, 9.17) is 9.56 Å². The number of carbonyl (C=O) groups excluding carboxylic acids is 1. The molecule has 3 N–H and O–H groups in total. The number of aryl methyl sites for hydroxylation is 1. The molecule has 1 amide bonds. The Morgan fingerprint density at radius 3 is 2.80 bits per heavy atom.